The molecule has 0 saturated carbocycles. The first kappa shape index (κ1) is 9.51. The minimum Gasteiger partial charge on any atom is -0.479 e. The van der Waals surface area contributed by atoms with E-state index in [1.165, 1.54) is 18.2 Å². The first-order valence-corrected chi connectivity index (χ1v) is 3.73. The summed E-state index contributed by atoms with van der Waals surface area (Å²) in [4.78, 5) is 10.5. The van der Waals surface area contributed by atoms with Gasteiger partial charge in [-0.2, -0.15) is 0 Å². The lowest BCUT2D eigenvalue weighted by atomic mass is 9.98. The average molecular weight is 183 g/mol. The van der Waals surface area contributed by atoms with Crippen molar-refractivity contribution >= 4 is 11.7 Å². The van der Waals surface area contributed by atoms with Crippen molar-refractivity contribution in [2.24, 2.45) is 0 Å². The standard InChI is InChI=1S/C9H10FNO2/c1-9(10,8(12)13)6-3-2-4-7(11)5-6/h2-5H,11H2,1H3,(H,12,13). The molecule has 0 radical (unpaired) electrons. The number of benzene rings is 1. The lowest BCUT2D eigenvalue weighted by Gasteiger charge is -2.15. The zero-order valence-electron chi connectivity index (χ0n) is 7.12. The average Bonchev–Trinajstić information content (AvgIpc) is 2.04. The van der Waals surface area contributed by atoms with Crippen molar-refractivity contribution in [2.45, 2.75) is 12.6 Å². The number of anilines is 1. The first-order chi connectivity index (χ1) is 5.94. The lowest BCUT2D eigenvalue weighted by Crippen LogP contribution is -2.26. The molecule has 3 N–H and O–H groups in total. The zero-order valence-corrected chi connectivity index (χ0v) is 7.12. The number of carboxylic acids is 1. The normalized spacial score (nSPS) is 14.9. The van der Waals surface area contributed by atoms with Gasteiger partial charge in [0.05, 0.1) is 0 Å². The Bertz CT molecular complexity index is 336. The molecule has 1 rings (SSSR count). The second kappa shape index (κ2) is 3.05. The maximum absolute atomic E-state index is 13.5. The molecule has 0 spiro atoms. The van der Waals surface area contributed by atoms with E-state index in [1.54, 1.807) is 6.07 Å². The van der Waals surface area contributed by atoms with Crippen LogP contribution in [0.2, 0.25) is 0 Å². The summed E-state index contributed by atoms with van der Waals surface area (Å²) in [6.07, 6.45) is 0. The van der Waals surface area contributed by atoms with Gasteiger partial charge in [0.2, 0.25) is 5.67 Å². The monoisotopic (exact) mass is 183 g/mol. The van der Waals surface area contributed by atoms with Crippen LogP contribution < -0.4 is 5.73 Å². The van der Waals surface area contributed by atoms with Crippen molar-refractivity contribution in [3.63, 3.8) is 0 Å². The molecule has 0 aromatic heterocycles. The van der Waals surface area contributed by atoms with Crippen LogP contribution in [0.25, 0.3) is 0 Å². The number of carbonyl (C=O) groups is 1. The molecule has 0 bridgehead atoms. The van der Waals surface area contributed by atoms with Crippen LogP contribution >= 0.6 is 0 Å². The van der Waals surface area contributed by atoms with Crippen LogP contribution in [0.3, 0.4) is 0 Å². The van der Waals surface area contributed by atoms with Crippen LogP contribution in [-0.4, -0.2) is 11.1 Å². The summed E-state index contributed by atoms with van der Waals surface area (Å²) in [5, 5.41) is 8.57. The van der Waals surface area contributed by atoms with Crippen LogP contribution in [0.4, 0.5) is 10.1 Å². The summed E-state index contributed by atoms with van der Waals surface area (Å²) in [5.74, 6) is -1.52. The molecule has 70 valence electrons. The van der Waals surface area contributed by atoms with Crippen LogP contribution in [-0.2, 0) is 10.5 Å². The Labute approximate surface area is 75.0 Å². The van der Waals surface area contributed by atoms with Gasteiger partial charge in [-0.15, -0.1) is 0 Å². The highest BCUT2D eigenvalue weighted by Crippen LogP contribution is 2.26. The van der Waals surface area contributed by atoms with E-state index in [2.05, 4.69) is 0 Å². The molecule has 0 aliphatic heterocycles. The van der Waals surface area contributed by atoms with Crippen molar-refractivity contribution in [1.82, 2.24) is 0 Å². The number of halogens is 1. The molecule has 13 heavy (non-hydrogen) atoms. The van der Waals surface area contributed by atoms with Crippen molar-refractivity contribution in [1.29, 1.82) is 0 Å². The molecule has 0 saturated heterocycles. The third-order valence-corrected chi connectivity index (χ3v) is 1.83. The molecule has 0 fully saturated rings. The molecule has 0 amide bonds. The molecule has 1 unspecified atom stereocenters. The first-order valence-electron chi connectivity index (χ1n) is 3.73. The van der Waals surface area contributed by atoms with E-state index in [0.29, 0.717) is 5.69 Å². The number of nitrogen functional groups attached to an aromatic ring is 1. The molecule has 0 aliphatic carbocycles. The zero-order chi connectivity index (χ0) is 10.1. The van der Waals surface area contributed by atoms with E-state index in [4.69, 9.17) is 10.8 Å². The number of hydrogen-bond acceptors (Lipinski definition) is 2. The van der Waals surface area contributed by atoms with E-state index in [0.717, 1.165) is 6.92 Å². The highest BCUT2D eigenvalue weighted by molar-refractivity contribution is 5.79. The van der Waals surface area contributed by atoms with Gasteiger partial charge in [0, 0.05) is 11.3 Å². The number of carboxylic acid groups (broad SMARTS) is 1. The molecule has 1 aromatic rings. The Morgan fingerprint density at radius 1 is 1.62 bits per heavy atom. The summed E-state index contributed by atoms with van der Waals surface area (Å²) in [7, 11) is 0. The van der Waals surface area contributed by atoms with Crippen molar-refractivity contribution in [3.8, 4) is 0 Å². The minimum atomic E-state index is -2.38. The third kappa shape index (κ3) is 1.77. The van der Waals surface area contributed by atoms with Crippen LogP contribution in [0.15, 0.2) is 24.3 Å². The highest BCUT2D eigenvalue weighted by atomic mass is 19.1. The van der Waals surface area contributed by atoms with Gasteiger partial charge >= 0.3 is 5.97 Å². The molecule has 0 heterocycles. The fraction of sp³-hybridized carbons (Fsp3) is 0.222. The number of aliphatic carboxylic acids is 1. The predicted octanol–water partition coefficient (Wildman–Crippen LogP) is 1.54. The molecule has 0 aliphatic rings. The maximum Gasteiger partial charge on any atom is 0.345 e. The predicted molar refractivity (Wildman–Crippen MR) is 47.0 cm³/mol. The molecular formula is C9H10FNO2. The topological polar surface area (TPSA) is 63.3 Å². The van der Waals surface area contributed by atoms with Gasteiger partial charge in [0.15, 0.2) is 0 Å². The number of nitrogens with two attached hydrogens (primary N) is 1. The van der Waals surface area contributed by atoms with Gasteiger partial charge in [-0.3, -0.25) is 0 Å². The Balaban J connectivity index is 3.14. The largest absolute Gasteiger partial charge is 0.479 e. The van der Waals surface area contributed by atoms with Crippen LogP contribution in [0.1, 0.15) is 12.5 Å². The summed E-state index contributed by atoms with van der Waals surface area (Å²) in [6, 6.07) is 5.80. The van der Waals surface area contributed by atoms with Crippen molar-refractivity contribution < 1.29 is 14.3 Å². The van der Waals surface area contributed by atoms with E-state index in [-0.39, 0.29) is 5.56 Å². The molecule has 1 atom stereocenters. The Morgan fingerprint density at radius 2 is 2.23 bits per heavy atom. The fourth-order valence-electron chi connectivity index (χ4n) is 0.954. The smallest absolute Gasteiger partial charge is 0.345 e. The quantitative estimate of drug-likeness (QED) is 0.683. The summed E-state index contributed by atoms with van der Waals surface area (Å²) >= 11 is 0. The highest BCUT2D eigenvalue weighted by Gasteiger charge is 2.34. The van der Waals surface area contributed by atoms with E-state index >= 15 is 0 Å². The Hall–Kier alpha value is -1.58. The summed E-state index contributed by atoms with van der Waals surface area (Å²) in [5.41, 5.74) is 3.42. The maximum atomic E-state index is 13.5. The summed E-state index contributed by atoms with van der Waals surface area (Å²) < 4.78 is 13.5. The van der Waals surface area contributed by atoms with Crippen molar-refractivity contribution in [3.05, 3.63) is 29.8 Å². The van der Waals surface area contributed by atoms with Crippen LogP contribution in [0.5, 0.6) is 0 Å². The second-order valence-corrected chi connectivity index (χ2v) is 2.93. The summed E-state index contributed by atoms with van der Waals surface area (Å²) in [6.45, 7) is 0.990. The third-order valence-electron chi connectivity index (χ3n) is 1.83. The Kier molecular flexibility index (Phi) is 2.23. The van der Waals surface area contributed by atoms with E-state index in [1.807, 2.05) is 0 Å². The van der Waals surface area contributed by atoms with Gasteiger partial charge in [0.25, 0.3) is 0 Å². The minimum absolute atomic E-state index is 0.0556. The van der Waals surface area contributed by atoms with Gasteiger partial charge in [-0.05, 0) is 19.1 Å². The molecule has 1 aromatic carbocycles. The van der Waals surface area contributed by atoms with Gasteiger partial charge < -0.3 is 10.8 Å². The van der Waals surface area contributed by atoms with Crippen LogP contribution in [0, 0.1) is 0 Å². The fourth-order valence-corrected chi connectivity index (χ4v) is 0.954. The lowest BCUT2D eigenvalue weighted by molar-refractivity contribution is -0.150. The van der Waals surface area contributed by atoms with Gasteiger partial charge in [-0.1, -0.05) is 12.1 Å². The van der Waals surface area contributed by atoms with E-state index in [9.17, 15) is 9.18 Å². The number of hydrogen-bond donors (Lipinski definition) is 2. The molecular weight excluding hydrogens is 173 g/mol. The second-order valence-electron chi connectivity index (χ2n) is 2.93. The van der Waals surface area contributed by atoms with Crippen molar-refractivity contribution in [2.75, 3.05) is 5.73 Å². The van der Waals surface area contributed by atoms with E-state index < -0.39 is 11.6 Å². The van der Waals surface area contributed by atoms with Gasteiger partial charge in [0.1, 0.15) is 0 Å². The molecule has 4 heteroatoms. The number of alkyl halides is 1. The number of rotatable bonds is 2. The van der Waals surface area contributed by atoms with Gasteiger partial charge in [-0.25, -0.2) is 9.18 Å². The Morgan fingerprint density at radius 3 is 2.69 bits per heavy atom. The molecule has 3 nitrogen and oxygen atoms in total. The SMILES string of the molecule is CC(F)(C(=O)O)c1cccc(N)c1.